The Balaban J connectivity index is 1.73. The fourth-order valence-corrected chi connectivity index (χ4v) is 3.26. The van der Waals surface area contributed by atoms with Crippen LogP contribution in [0.2, 0.25) is 5.02 Å². The Hall–Kier alpha value is -2.38. The molecule has 8 heteroatoms. The molecular weight excluding hydrogens is 353 g/mol. The predicted octanol–water partition coefficient (Wildman–Crippen LogP) is 3.52. The van der Waals surface area contributed by atoms with Crippen LogP contribution in [0.1, 0.15) is 5.56 Å². The lowest BCUT2D eigenvalue weighted by Crippen LogP contribution is -2.12. The minimum absolute atomic E-state index is 0.0191. The smallest absolute Gasteiger partial charge is 0.261 e. The summed E-state index contributed by atoms with van der Waals surface area (Å²) in [6.45, 7) is 0.482. The Morgan fingerprint density at radius 3 is 2.42 bits per heavy atom. The van der Waals surface area contributed by atoms with Crippen LogP contribution in [0, 0.1) is 5.82 Å². The Labute approximate surface area is 143 Å². The Kier molecular flexibility index (Phi) is 4.55. The SMILES string of the molecule is O=S(=O)(Nc1cnn(Cc2ccc(Cl)cc2)c1)c1ccc(F)cc1. The highest BCUT2D eigenvalue weighted by atomic mass is 35.5. The minimum atomic E-state index is -3.78. The highest BCUT2D eigenvalue weighted by Gasteiger charge is 2.15. The zero-order valence-corrected chi connectivity index (χ0v) is 13.9. The molecule has 0 aliphatic rings. The molecular formula is C16H13ClFN3O2S. The largest absolute Gasteiger partial charge is 0.276 e. The van der Waals surface area contributed by atoms with Crippen molar-refractivity contribution in [2.45, 2.75) is 11.4 Å². The highest BCUT2D eigenvalue weighted by Crippen LogP contribution is 2.17. The molecule has 1 heterocycles. The van der Waals surface area contributed by atoms with Crippen LogP contribution in [0.25, 0.3) is 0 Å². The highest BCUT2D eigenvalue weighted by molar-refractivity contribution is 7.92. The summed E-state index contributed by atoms with van der Waals surface area (Å²) in [4.78, 5) is -0.0191. The zero-order valence-electron chi connectivity index (χ0n) is 12.4. The fourth-order valence-electron chi connectivity index (χ4n) is 2.11. The third-order valence-electron chi connectivity index (χ3n) is 3.27. The number of hydrogen-bond acceptors (Lipinski definition) is 3. The number of benzene rings is 2. The monoisotopic (exact) mass is 365 g/mol. The molecule has 0 amide bonds. The number of nitrogens with zero attached hydrogens (tertiary/aromatic N) is 2. The standard InChI is InChI=1S/C16H13ClFN3O2S/c17-13-3-1-12(2-4-13)10-21-11-15(9-19-21)20-24(22,23)16-7-5-14(18)6-8-16/h1-9,11,20H,10H2. The van der Waals surface area contributed by atoms with E-state index >= 15 is 0 Å². The fraction of sp³-hybridized carbons (Fsp3) is 0.0625. The summed E-state index contributed by atoms with van der Waals surface area (Å²) in [5, 5.41) is 4.77. The number of rotatable bonds is 5. The maximum atomic E-state index is 12.9. The Morgan fingerprint density at radius 1 is 1.08 bits per heavy atom. The summed E-state index contributed by atoms with van der Waals surface area (Å²) in [5.41, 5.74) is 1.31. The average Bonchev–Trinajstić information content (AvgIpc) is 2.96. The molecule has 0 unspecified atom stereocenters. The van der Waals surface area contributed by atoms with Gasteiger partial charge in [0, 0.05) is 11.2 Å². The van der Waals surface area contributed by atoms with Gasteiger partial charge in [-0.1, -0.05) is 23.7 Å². The van der Waals surface area contributed by atoms with Crippen molar-refractivity contribution in [3.8, 4) is 0 Å². The van der Waals surface area contributed by atoms with Gasteiger partial charge in [-0.2, -0.15) is 5.10 Å². The Bertz CT molecular complexity index is 938. The molecule has 5 nitrogen and oxygen atoms in total. The van der Waals surface area contributed by atoms with E-state index in [1.165, 1.54) is 18.3 Å². The van der Waals surface area contributed by atoms with E-state index in [9.17, 15) is 12.8 Å². The van der Waals surface area contributed by atoms with Crippen molar-refractivity contribution in [1.82, 2.24) is 9.78 Å². The lowest BCUT2D eigenvalue weighted by Gasteiger charge is -2.05. The van der Waals surface area contributed by atoms with Crippen LogP contribution >= 0.6 is 11.6 Å². The summed E-state index contributed by atoms with van der Waals surface area (Å²) < 4.78 is 41.4. The number of anilines is 1. The maximum Gasteiger partial charge on any atom is 0.261 e. The van der Waals surface area contributed by atoms with Crippen molar-refractivity contribution in [2.75, 3.05) is 4.72 Å². The van der Waals surface area contributed by atoms with Crippen molar-refractivity contribution in [3.05, 3.63) is 77.3 Å². The molecule has 0 saturated heterocycles. The van der Waals surface area contributed by atoms with Gasteiger partial charge in [-0.05, 0) is 42.0 Å². The number of sulfonamides is 1. The van der Waals surface area contributed by atoms with Crippen LogP contribution in [-0.4, -0.2) is 18.2 Å². The van der Waals surface area contributed by atoms with Gasteiger partial charge in [0.1, 0.15) is 5.82 Å². The first kappa shape index (κ1) is 16.5. The first-order valence-electron chi connectivity index (χ1n) is 6.98. The number of nitrogens with one attached hydrogen (secondary N) is 1. The van der Waals surface area contributed by atoms with Gasteiger partial charge in [-0.3, -0.25) is 9.40 Å². The van der Waals surface area contributed by atoms with Crippen LogP contribution in [-0.2, 0) is 16.6 Å². The van der Waals surface area contributed by atoms with Crippen molar-refractivity contribution in [1.29, 1.82) is 0 Å². The molecule has 1 N–H and O–H groups in total. The molecule has 3 rings (SSSR count). The van der Waals surface area contributed by atoms with E-state index in [0.717, 1.165) is 17.7 Å². The second-order valence-electron chi connectivity index (χ2n) is 5.11. The summed E-state index contributed by atoms with van der Waals surface area (Å²) >= 11 is 5.84. The van der Waals surface area contributed by atoms with Gasteiger partial charge in [0.15, 0.2) is 0 Å². The van der Waals surface area contributed by atoms with Gasteiger partial charge >= 0.3 is 0 Å². The third kappa shape index (κ3) is 3.93. The molecule has 0 saturated carbocycles. The van der Waals surface area contributed by atoms with Gasteiger partial charge in [-0.15, -0.1) is 0 Å². The minimum Gasteiger partial charge on any atom is -0.276 e. The molecule has 2 aromatic carbocycles. The third-order valence-corrected chi connectivity index (χ3v) is 4.92. The summed E-state index contributed by atoms with van der Waals surface area (Å²) in [6.07, 6.45) is 2.99. The number of aromatic nitrogens is 2. The molecule has 0 bridgehead atoms. The second kappa shape index (κ2) is 6.62. The molecule has 0 aliphatic heterocycles. The van der Waals surface area contributed by atoms with Gasteiger partial charge in [-0.25, -0.2) is 12.8 Å². The molecule has 0 radical (unpaired) electrons. The average molecular weight is 366 g/mol. The van der Waals surface area contributed by atoms with Crippen LogP contribution in [0.5, 0.6) is 0 Å². The second-order valence-corrected chi connectivity index (χ2v) is 7.23. The first-order valence-corrected chi connectivity index (χ1v) is 8.84. The van der Waals surface area contributed by atoms with E-state index < -0.39 is 15.8 Å². The molecule has 0 fully saturated rings. The van der Waals surface area contributed by atoms with Crippen molar-refractivity contribution in [3.63, 3.8) is 0 Å². The van der Waals surface area contributed by atoms with E-state index in [-0.39, 0.29) is 4.90 Å². The van der Waals surface area contributed by atoms with Crippen molar-refractivity contribution >= 4 is 27.3 Å². The van der Waals surface area contributed by atoms with Crippen LogP contribution in [0.4, 0.5) is 10.1 Å². The normalized spacial score (nSPS) is 11.4. The van der Waals surface area contributed by atoms with Crippen LogP contribution in [0.15, 0.2) is 65.8 Å². The zero-order chi connectivity index (χ0) is 17.2. The van der Waals surface area contributed by atoms with Gasteiger partial charge in [0.25, 0.3) is 10.0 Å². The van der Waals surface area contributed by atoms with E-state index in [1.807, 2.05) is 12.1 Å². The molecule has 24 heavy (non-hydrogen) atoms. The van der Waals surface area contributed by atoms with Gasteiger partial charge < -0.3 is 0 Å². The topological polar surface area (TPSA) is 64.0 Å². The molecule has 0 spiro atoms. The molecule has 1 aromatic heterocycles. The van der Waals surface area contributed by atoms with Crippen molar-refractivity contribution < 1.29 is 12.8 Å². The van der Waals surface area contributed by atoms with Gasteiger partial charge in [0.2, 0.25) is 0 Å². The number of halogens is 2. The van der Waals surface area contributed by atoms with Crippen LogP contribution < -0.4 is 4.72 Å². The summed E-state index contributed by atoms with van der Waals surface area (Å²) in [7, 11) is -3.78. The molecule has 3 aromatic rings. The number of hydrogen-bond donors (Lipinski definition) is 1. The van der Waals surface area contributed by atoms with E-state index in [2.05, 4.69) is 9.82 Å². The van der Waals surface area contributed by atoms with Gasteiger partial charge in [0.05, 0.1) is 23.3 Å². The summed E-state index contributed by atoms with van der Waals surface area (Å²) in [5.74, 6) is -0.496. The van der Waals surface area contributed by atoms with E-state index in [1.54, 1.807) is 23.0 Å². The summed E-state index contributed by atoms with van der Waals surface area (Å²) in [6, 6.07) is 11.9. The lowest BCUT2D eigenvalue weighted by atomic mass is 10.2. The quantitative estimate of drug-likeness (QED) is 0.752. The molecule has 0 atom stereocenters. The van der Waals surface area contributed by atoms with E-state index in [0.29, 0.717) is 17.3 Å². The van der Waals surface area contributed by atoms with E-state index in [4.69, 9.17) is 11.6 Å². The lowest BCUT2D eigenvalue weighted by molar-refractivity contribution is 0.599. The Morgan fingerprint density at radius 2 is 1.75 bits per heavy atom. The first-order chi connectivity index (χ1) is 11.4. The molecule has 124 valence electrons. The molecule has 0 aliphatic carbocycles. The van der Waals surface area contributed by atoms with Crippen molar-refractivity contribution in [2.24, 2.45) is 0 Å². The maximum absolute atomic E-state index is 12.9. The van der Waals surface area contributed by atoms with Crippen LogP contribution in [0.3, 0.4) is 0 Å². The predicted molar refractivity (Wildman–Crippen MR) is 90.0 cm³/mol.